The van der Waals surface area contributed by atoms with E-state index in [9.17, 15) is 0 Å². The molecule has 0 bridgehead atoms. The van der Waals surface area contributed by atoms with Crippen LogP contribution in [-0.2, 0) is 0 Å². The molecule has 0 aromatic carbocycles. The summed E-state index contributed by atoms with van der Waals surface area (Å²) < 4.78 is 0. The van der Waals surface area contributed by atoms with Gasteiger partial charge in [0.15, 0.2) is 0 Å². The van der Waals surface area contributed by atoms with Crippen molar-refractivity contribution in [2.24, 2.45) is 0 Å². The minimum absolute atomic E-state index is 0. The van der Waals surface area contributed by atoms with Crippen LogP contribution in [0.5, 0.6) is 0 Å². The van der Waals surface area contributed by atoms with Crippen molar-refractivity contribution in [2.75, 3.05) is 0 Å². The molecule has 0 aliphatic heterocycles. The van der Waals surface area contributed by atoms with Crippen LogP contribution in [0.2, 0.25) is 0 Å². The van der Waals surface area contributed by atoms with Gasteiger partial charge in [-0.3, -0.25) is 0 Å². The fourth-order valence-corrected chi connectivity index (χ4v) is 0. The van der Waals surface area contributed by atoms with E-state index in [0.717, 1.165) is 0 Å². The van der Waals surface area contributed by atoms with Gasteiger partial charge < -0.3 is 0 Å². The van der Waals surface area contributed by atoms with E-state index in [0.29, 0.717) is 0 Å². The van der Waals surface area contributed by atoms with Crippen molar-refractivity contribution in [3.63, 3.8) is 0 Å². The molecule has 44 valence electrons. The van der Waals surface area contributed by atoms with Gasteiger partial charge in [-0.1, -0.05) is 0 Å². The predicted octanol–water partition coefficient (Wildman–Crippen LogP) is 1.55. The quantitative estimate of drug-likeness (QED) is 0.383. The Balaban J connectivity index is 0. The molecule has 4 radical (unpaired) electrons. The van der Waals surface area contributed by atoms with E-state index in [1.165, 1.54) is 0 Å². The molecule has 0 aromatic heterocycles. The maximum Gasteiger partial charge on any atom is 0 e. The van der Waals surface area contributed by atoms with Crippen LogP contribution in [0.25, 0.3) is 0 Å². The molecular formula is H4Br4Te2. The minimum Gasteiger partial charge on any atom is -0.114 e. The maximum absolute atomic E-state index is 0. The van der Waals surface area contributed by atoms with Crippen LogP contribution < -0.4 is 0 Å². The van der Waals surface area contributed by atoms with Crippen LogP contribution in [0.4, 0.5) is 0 Å². The first-order chi connectivity index (χ1) is 0. The first-order valence-electron chi connectivity index (χ1n) is 0. The van der Waals surface area contributed by atoms with Gasteiger partial charge in [0.25, 0.3) is 0 Å². The van der Waals surface area contributed by atoms with Gasteiger partial charge in [-0.15, -0.1) is 67.9 Å². The Morgan fingerprint density at radius 3 is 0.333 bits per heavy atom. The fourth-order valence-electron chi connectivity index (χ4n) is 0. The largest absolute Gasteiger partial charge is 0.114 e. The Labute approximate surface area is 113 Å². The number of hydrogen-bond donors (Lipinski definition) is 0. The molecule has 0 fully saturated rings. The summed E-state index contributed by atoms with van der Waals surface area (Å²) in [6.07, 6.45) is 0. The summed E-state index contributed by atoms with van der Waals surface area (Å²) in [6, 6.07) is 0. The molecule has 0 aliphatic carbocycles. The molecule has 6 heavy (non-hydrogen) atoms. The van der Waals surface area contributed by atoms with E-state index in [1.807, 2.05) is 0 Å². The third-order valence-corrected chi connectivity index (χ3v) is 0. The Bertz CT molecular complexity index is 5.51. The van der Waals surface area contributed by atoms with Crippen molar-refractivity contribution in [1.82, 2.24) is 0 Å². The predicted molar refractivity (Wildman–Crippen MR) is 52.8 cm³/mol. The van der Waals surface area contributed by atoms with Crippen LogP contribution in [0.1, 0.15) is 0 Å². The number of halogens is 4. The second-order valence-corrected chi connectivity index (χ2v) is 0. The average molecular weight is 579 g/mol. The van der Waals surface area contributed by atoms with E-state index in [4.69, 9.17) is 0 Å². The Morgan fingerprint density at radius 1 is 0.333 bits per heavy atom. The SMILES string of the molecule is Br.Br.Br.Br.[Te].[Te]. The molecule has 0 atom stereocenters. The summed E-state index contributed by atoms with van der Waals surface area (Å²) in [5.74, 6) is 0. The molecule has 6 heteroatoms. The maximum atomic E-state index is 0. The van der Waals surface area contributed by atoms with Gasteiger partial charge in [0.05, 0.1) is 0 Å². The van der Waals surface area contributed by atoms with Crippen LogP contribution in [-0.4, -0.2) is 47.3 Å². The third kappa shape index (κ3) is 25.9. The van der Waals surface area contributed by atoms with Crippen LogP contribution >= 0.6 is 67.9 Å². The topological polar surface area (TPSA) is 0 Å². The molecule has 0 saturated carbocycles. The third-order valence-electron chi connectivity index (χ3n) is 0. The zero-order valence-corrected chi connectivity index (χ0v) is 14.0. The second-order valence-electron chi connectivity index (χ2n) is 0. The molecular weight excluding hydrogens is 575 g/mol. The van der Waals surface area contributed by atoms with E-state index in [2.05, 4.69) is 0 Å². The summed E-state index contributed by atoms with van der Waals surface area (Å²) in [4.78, 5) is 0. The van der Waals surface area contributed by atoms with Gasteiger partial charge in [0.2, 0.25) is 0 Å². The standard InChI is InChI=1S/4BrH.2Te/h4*1H;;. The average Bonchev–Trinajstić information content (AvgIpc) is 0. The molecule has 0 unspecified atom stereocenters. The minimum atomic E-state index is 0. The van der Waals surface area contributed by atoms with Crippen LogP contribution in [0.15, 0.2) is 0 Å². The van der Waals surface area contributed by atoms with Gasteiger partial charge in [-0.25, -0.2) is 0 Å². The Kier molecular flexibility index (Phi) is 365. The summed E-state index contributed by atoms with van der Waals surface area (Å²) in [6.45, 7) is 0. The summed E-state index contributed by atoms with van der Waals surface area (Å²) in [5.41, 5.74) is 0. The molecule has 0 saturated heterocycles. The van der Waals surface area contributed by atoms with Crippen molar-refractivity contribution < 1.29 is 0 Å². The molecule has 0 spiro atoms. The summed E-state index contributed by atoms with van der Waals surface area (Å²) in [7, 11) is 0. The molecule has 0 rings (SSSR count). The van der Waals surface area contributed by atoms with Crippen molar-refractivity contribution in [3.8, 4) is 0 Å². The van der Waals surface area contributed by atoms with Gasteiger partial charge in [0, 0.05) is 47.3 Å². The molecule has 0 aromatic rings. The fraction of sp³-hybridized carbons (Fsp3) is 0. The van der Waals surface area contributed by atoms with Crippen molar-refractivity contribution in [3.05, 3.63) is 0 Å². The van der Waals surface area contributed by atoms with Crippen LogP contribution in [0.3, 0.4) is 0 Å². The van der Waals surface area contributed by atoms with E-state index < -0.39 is 0 Å². The zero-order valence-electron chi connectivity index (χ0n) is 2.45. The van der Waals surface area contributed by atoms with Crippen molar-refractivity contribution in [1.29, 1.82) is 0 Å². The summed E-state index contributed by atoms with van der Waals surface area (Å²) >= 11 is 0. The summed E-state index contributed by atoms with van der Waals surface area (Å²) in [5, 5.41) is 0. The van der Waals surface area contributed by atoms with Crippen molar-refractivity contribution >= 4 is 115 Å². The first-order valence-corrected chi connectivity index (χ1v) is 0. The molecule has 0 aliphatic rings. The Hall–Kier alpha value is 3.50. The molecule has 0 amide bonds. The number of rotatable bonds is 0. The van der Waals surface area contributed by atoms with Gasteiger partial charge in [0.1, 0.15) is 0 Å². The normalized spacial score (nSPS) is 0. The van der Waals surface area contributed by atoms with Gasteiger partial charge >= 0.3 is 0 Å². The molecule has 0 heterocycles. The second kappa shape index (κ2) is 39.0. The van der Waals surface area contributed by atoms with E-state index in [-0.39, 0.29) is 115 Å². The number of hydrogen-bond acceptors (Lipinski definition) is 0. The van der Waals surface area contributed by atoms with Crippen molar-refractivity contribution in [2.45, 2.75) is 0 Å². The first kappa shape index (κ1) is 56.0. The molecule has 0 nitrogen and oxygen atoms in total. The smallest absolute Gasteiger partial charge is 0 e. The van der Waals surface area contributed by atoms with Crippen LogP contribution in [0, 0.1) is 0 Å². The van der Waals surface area contributed by atoms with Gasteiger partial charge in [-0.05, 0) is 0 Å². The van der Waals surface area contributed by atoms with E-state index in [1.54, 1.807) is 0 Å². The van der Waals surface area contributed by atoms with Gasteiger partial charge in [-0.2, -0.15) is 0 Å². The van der Waals surface area contributed by atoms with E-state index >= 15 is 0 Å². The Morgan fingerprint density at radius 2 is 0.333 bits per heavy atom. The zero-order chi connectivity index (χ0) is 0. The molecule has 0 N–H and O–H groups in total. The monoisotopic (exact) mass is 580 g/mol.